The highest BCUT2D eigenvalue weighted by Crippen LogP contribution is 2.29. The molecule has 0 radical (unpaired) electrons. The predicted octanol–water partition coefficient (Wildman–Crippen LogP) is 3.36. The Hall–Kier alpha value is -2.58. The minimum absolute atomic E-state index is 0.186. The standard InChI is InChI=1S/C23H30N2O5S/c1-16-6-8-20(17(2)14-16)24-10-12-25(13-11-24)31(28,29)19-7-9-21(18(3)15-19)30-23(4,5)22(26)27/h6-9,14-15H,10-13H2,1-5H3,(H,26,27). The molecule has 0 bridgehead atoms. The second-order valence-corrected chi connectivity index (χ2v) is 10.5. The van der Waals surface area contributed by atoms with Crippen molar-refractivity contribution in [1.82, 2.24) is 4.31 Å². The molecule has 7 nitrogen and oxygen atoms in total. The van der Waals surface area contributed by atoms with Crippen LogP contribution in [0, 0.1) is 20.8 Å². The van der Waals surface area contributed by atoms with Crippen molar-refractivity contribution < 1.29 is 23.1 Å². The number of sulfonamides is 1. The number of aryl methyl sites for hydroxylation is 3. The van der Waals surface area contributed by atoms with Gasteiger partial charge in [-0.1, -0.05) is 17.7 Å². The lowest BCUT2D eigenvalue weighted by Gasteiger charge is -2.36. The highest BCUT2D eigenvalue weighted by atomic mass is 32.2. The maximum absolute atomic E-state index is 13.2. The molecule has 0 saturated carbocycles. The third-order valence-electron chi connectivity index (χ3n) is 5.60. The van der Waals surface area contributed by atoms with Crippen molar-refractivity contribution in [3.05, 3.63) is 53.1 Å². The number of rotatable bonds is 6. The maximum Gasteiger partial charge on any atom is 0.347 e. The Bertz CT molecular complexity index is 1090. The molecule has 0 aromatic heterocycles. The van der Waals surface area contributed by atoms with Crippen molar-refractivity contribution in [1.29, 1.82) is 0 Å². The number of hydrogen-bond donors (Lipinski definition) is 1. The summed E-state index contributed by atoms with van der Waals surface area (Å²) in [4.78, 5) is 13.7. The lowest BCUT2D eigenvalue weighted by molar-refractivity contribution is -0.152. The molecule has 1 N–H and O–H groups in total. The number of ether oxygens (including phenoxy) is 1. The topological polar surface area (TPSA) is 87.2 Å². The minimum atomic E-state index is -3.65. The molecule has 1 aliphatic rings. The first-order valence-electron chi connectivity index (χ1n) is 10.3. The summed E-state index contributed by atoms with van der Waals surface area (Å²) < 4.78 is 33.4. The molecule has 1 fully saturated rings. The van der Waals surface area contributed by atoms with E-state index in [4.69, 9.17) is 4.74 Å². The summed E-state index contributed by atoms with van der Waals surface area (Å²) in [6.07, 6.45) is 0. The monoisotopic (exact) mass is 446 g/mol. The van der Waals surface area contributed by atoms with Crippen LogP contribution in [0.2, 0.25) is 0 Å². The number of hydrogen-bond acceptors (Lipinski definition) is 5. The molecule has 0 amide bonds. The fourth-order valence-electron chi connectivity index (χ4n) is 3.69. The van der Waals surface area contributed by atoms with Crippen LogP contribution < -0.4 is 9.64 Å². The van der Waals surface area contributed by atoms with Gasteiger partial charge in [-0.15, -0.1) is 0 Å². The summed E-state index contributed by atoms with van der Waals surface area (Å²) in [5.74, 6) is -0.740. The molecular weight excluding hydrogens is 416 g/mol. The fraction of sp³-hybridized carbons (Fsp3) is 0.435. The molecule has 0 unspecified atom stereocenters. The van der Waals surface area contributed by atoms with Gasteiger partial charge in [0.05, 0.1) is 4.90 Å². The highest BCUT2D eigenvalue weighted by molar-refractivity contribution is 7.89. The molecule has 0 atom stereocenters. The van der Waals surface area contributed by atoms with Crippen LogP contribution in [0.4, 0.5) is 5.69 Å². The lowest BCUT2D eigenvalue weighted by Crippen LogP contribution is -2.48. The number of carboxylic acid groups (broad SMARTS) is 1. The van der Waals surface area contributed by atoms with E-state index in [0.29, 0.717) is 37.5 Å². The average Bonchev–Trinajstić information content (AvgIpc) is 2.69. The van der Waals surface area contributed by atoms with Gasteiger partial charge >= 0.3 is 5.97 Å². The smallest absolute Gasteiger partial charge is 0.347 e. The van der Waals surface area contributed by atoms with Crippen LogP contribution in [0.3, 0.4) is 0 Å². The molecule has 1 saturated heterocycles. The molecule has 168 valence electrons. The van der Waals surface area contributed by atoms with Crippen LogP contribution in [0.15, 0.2) is 41.3 Å². The van der Waals surface area contributed by atoms with Crippen molar-refractivity contribution in [3.63, 3.8) is 0 Å². The molecule has 0 aliphatic carbocycles. The predicted molar refractivity (Wildman–Crippen MR) is 120 cm³/mol. The van der Waals surface area contributed by atoms with Crippen molar-refractivity contribution in [3.8, 4) is 5.75 Å². The quantitative estimate of drug-likeness (QED) is 0.732. The zero-order valence-corrected chi connectivity index (χ0v) is 19.5. The van der Waals surface area contributed by atoms with Crippen molar-refractivity contribution in [2.75, 3.05) is 31.1 Å². The number of nitrogens with zero attached hydrogens (tertiary/aromatic N) is 2. The van der Waals surface area contributed by atoms with Gasteiger partial charge in [0.25, 0.3) is 0 Å². The minimum Gasteiger partial charge on any atom is -0.478 e. The second kappa shape index (κ2) is 8.51. The van der Waals surface area contributed by atoms with Crippen LogP contribution >= 0.6 is 0 Å². The highest BCUT2D eigenvalue weighted by Gasteiger charge is 2.32. The van der Waals surface area contributed by atoms with Crippen LogP contribution in [0.1, 0.15) is 30.5 Å². The van der Waals surface area contributed by atoms with Crippen LogP contribution in [0.25, 0.3) is 0 Å². The van der Waals surface area contributed by atoms with E-state index in [0.717, 1.165) is 5.69 Å². The Kier molecular flexibility index (Phi) is 6.34. The molecule has 3 rings (SSSR count). The number of carboxylic acids is 1. The number of anilines is 1. The largest absolute Gasteiger partial charge is 0.478 e. The number of benzene rings is 2. The SMILES string of the molecule is Cc1ccc(N2CCN(S(=O)(=O)c3ccc(OC(C)(C)C(=O)O)c(C)c3)CC2)c(C)c1. The molecule has 0 spiro atoms. The number of carbonyl (C=O) groups is 1. The summed E-state index contributed by atoms with van der Waals surface area (Å²) in [6, 6.07) is 10.8. The Labute approximate surface area is 184 Å². The first kappa shape index (κ1) is 23.1. The van der Waals surface area contributed by atoms with Gasteiger partial charge < -0.3 is 14.7 Å². The first-order valence-corrected chi connectivity index (χ1v) is 11.7. The molecule has 1 heterocycles. The molecule has 2 aromatic rings. The van der Waals surface area contributed by atoms with Gasteiger partial charge in [-0.3, -0.25) is 0 Å². The second-order valence-electron chi connectivity index (χ2n) is 8.53. The van der Waals surface area contributed by atoms with Crippen molar-refractivity contribution in [2.24, 2.45) is 0 Å². The summed E-state index contributed by atoms with van der Waals surface area (Å²) in [6.45, 7) is 10.8. The first-order chi connectivity index (χ1) is 14.4. The third-order valence-corrected chi connectivity index (χ3v) is 7.49. The Morgan fingerprint density at radius 1 is 0.968 bits per heavy atom. The van der Waals surface area contributed by atoms with E-state index in [2.05, 4.69) is 36.9 Å². The van der Waals surface area contributed by atoms with E-state index in [1.807, 2.05) is 0 Å². The Balaban J connectivity index is 1.74. The Morgan fingerprint density at radius 2 is 1.61 bits per heavy atom. The van der Waals surface area contributed by atoms with Crippen molar-refractivity contribution >= 4 is 21.7 Å². The van der Waals surface area contributed by atoms with Crippen LogP contribution in [0.5, 0.6) is 5.75 Å². The van der Waals surface area contributed by atoms with E-state index >= 15 is 0 Å². The van der Waals surface area contributed by atoms with E-state index < -0.39 is 21.6 Å². The van der Waals surface area contributed by atoms with E-state index in [1.54, 1.807) is 13.0 Å². The summed E-state index contributed by atoms with van der Waals surface area (Å²) in [7, 11) is -3.65. The van der Waals surface area contributed by atoms with E-state index in [9.17, 15) is 18.3 Å². The van der Waals surface area contributed by atoms with E-state index in [-0.39, 0.29) is 4.90 Å². The van der Waals surface area contributed by atoms with Gasteiger partial charge in [0.1, 0.15) is 5.75 Å². The summed E-state index contributed by atoms with van der Waals surface area (Å²) in [5.41, 5.74) is 2.70. The molecule has 8 heteroatoms. The molecule has 1 aliphatic heterocycles. The summed E-state index contributed by atoms with van der Waals surface area (Å²) in [5, 5.41) is 9.25. The molecular formula is C23H30N2O5S. The molecule has 31 heavy (non-hydrogen) atoms. The third kappa shape index (κ3) is 4.85. The van der Waals surface area contributed by atoms with Crippen LogP contribution in [-0.2, 0) is 14.8 Å². The maximum atomic E-state index is 13.2. The fourth-order valence-corrected chi connectivity index (χ4v) is 5.20. The normalized spacial score (nSPS) is 15.7. The zero-order chi connectivity index (χ0) is 23.0. The van der Waals surface area contributed by atoms with Gasteiger partial charge in [-0.2, -0.15) is 4.31 Å². The lowest BCUT2D eigenvalue weighted by atomic mass is 10.1. The molecule has 2 aromatic carbocycles. The zero-order valence-electron chi connectivity index (χ0n) is 18.7. The number of aliphatic carboxylic acids is 1. The Morgan fingerprint density at radius 3 is 2.16 bits per heavy atom. The van der Waals surface area contributed by atoms with Crippen LogP contribution in [-0.4, -0.2) is 55.6 Å². The summed E-state index contributed by atoms with van der Waals surface area (Å²) >= 11 is 0. The van der Waals surface area contributed by atoms with Gasteiger partial charge in [-0.05, 0) is 70.0 Å². The average molecular weight is 447 g/mol. The van der Waals surface area contributed by atoms with Gasteiger partial charge in [0, 0.05) is 31.9 Å². The van der Waals surface area contributed by atoms with E-state index in [1.165, 1.54) is 41.4 Å². The van der Waals surface area contributed by atoms with Gasteiger partial charge in [0.15, 0.2) is 5.60 Å². The number of piperazine rings is 1. The van der Waals surface area contributed by atoms with Crippen molar-refractivity contribution in [2.45, 2.75) is 45.1 Å². The van der Waals surface area contributed by atoms with Gasteiger partial charge in [-0.25, -0.2) is 13.2 Å². The van der Waals surface area contributed by atoms with Gasteiger partial charge in [0.2, 0.25) is 10.0 Å².